The number of halogens is 1. The first kappa shape index (κ1) is 12.7. The van der Waals surface area contributed by atoms with Crippen molar-refractivity contribution in [1.29, 1.82) is 0 Å². The summed E-state index contributed by atoms with van der Waals surface area (Å²) in [5.41, 5.74) is -0.932. The molecule has 2 aromatic rings. The Kier molecular flexibility index (Phi) is 2.99. The summed E-state index contributed by atoms with van der Waals surface area (Å²) < 4.78 is 14.9. The molecule has 0 atom stereocenters. The van der Waals surface area contributed by atoms with Gasteiger partial charge in [0.15, 0.2) is 5.82 Å². The fraction of sp³-hybridized carbons (Fsp3) is 0.0909. The van der Waals surface area contributed by atoms with Crippen LogP contribution in [-0.2, 0) is 0 Å². The van der Waals surface area contributed by atoms with E-state index in [-0.39, 0.29) is 5.69 Å². The van der Waals surface area contributed by atoms with Gasteiger partial charge in [0.1, 0.15) is 11.3 Å². The van der Waals surface area contributed by atoms with E-state index in [1.165, 1.54) is 6.20 Å². The number of nitro benzene ring substituents is 1. The maximum atomic E-state index is 13.8. The first-order valence-electron chi connectivity index (χ1n) is 5.14. The molecular weight excluding hydrogens is 257 g/mol. The molecule has 1 aromatic carbocycles. The minimum atomic E-state index is -1.50. The van der Waals surface area contributed by atoms with Gasteiger partial charge in [0, 0.05) is 6.20 Å². The number of nitrogens with zero attached hydrogens (tertiary/aromatic N) is 3. The third kappa shape index (κ3) is 2.28. The lowest BCUT2D eigenvalue weighted by Crippen LogP contribution is -2.07. The smallest absolute Gasteiger partial charge is 0.342 e. The number of hydrogen-bond donors (Lipinski definition) is 1. The first-order chi connectivity index (χ1) is 8.90. The molecule has 0 saturated heterocycles. The predicted molar refractivity (Wildman–Crippen MR) is 61.9 cm³/mol. The molecule has 0 aliphatic carbocycles. The van der Waals surface area contributed by atoms with Crippen molar-refractivity contribution in [3.63, 3.8) is 0 Å². The lowest BCUT2D eigenvalue weighted by molar-refractivity contribution is -0.385. The van der Waals surface area contributed by atoms with E-state index in [1.807, 2.05) is 0 Å². The highest BCUT2D eigenvalue weighted by molar-refractivity contribution is 5.93. The Balaban J connectivity index is 2.67. The van der Waals surface area contributed by atoms with Crippen molar-refractivity contribution < 1.29 is 19.2 Å². The summed E-state index contributed by atoms with van der Waals surface area (Å²) in [7, 11) is 0. The molecular formula is C11H8FN3O4. The third-order valence-corrected chi connectivity index (χ3v) is 2.46. The second-order valence-corrected chi connectivity index (χ2v) is 3.78. The van der Waals surface area contributed by atoms with E-state index in [1.54, 1.807) is 13.0 Å². The molecule has 0 amide bonds. The summed E-state index contributed by atoms with van der Waals surface area (Å²) in [5, 5.41) is 23.5. The van der Waals surface area contributed by atoms with Gasteiger partial charge in [-0.3, -0.25) is 10.1 Å². The maximum Gasteiger partial charge on any atom is 0.342 e. The summed E-state index contributed by atoms with van der Waals surface area (Å²) in [6, 6.07) is 3.07. The Hall–Kier alpha value is -2.77. The van der Waals surface area contributed by atoms with Gasteiger partial charge in [0.2, 0.25) is 0 Å². The maximum absolute atomic E-state index is 13.8. The number of nitro groups is 1. The Morgan fingerprint density at radius 3 is 2.68 bits per heavy atom. The Labute approximate surface area is 106 Å². The van der Waals surface area contributed by atoms with Gasteiger partial charge in [-0.05, 0) is 19.1 Å². The summed E-state index contributed by atoms with van der Waals surface area (Å²) in [5.74, 6) is -2.42. The zero-order valence-corrected chi connectivity index (χ0v) is 9.70. The van der Waals surface area contributed by atoms with Gasteiger partial charge in [0.05, 0.1) is 16.7 Å². The topological polar surface area (TPSA) is 98.3 Å². The Bertz CT molecular complexity index is 681. The van der Waals surface area contributed by atoms with Crippen LogP contribution in [0.5, 0.6) is 0 Å². The molecule has 0 spiro atoms. The summed E-state index contributed by atoms with van der Waals surface area (Å²) in [6.07, 6.45) is 1.44. The van der Waals surface area contributed by atoms with Crippen LogP contribution in [0.15, 0.2) is 24.4 Å². The van der Waals surface area contributed by atoms with Crippen LogP contribution in [0.1, 0.15) is 16.1 Å². The molecule has 1 heterocycles. The fourth-order valence-electron chi connectivity index (χ4n) is 1.60. The van der Waals surface area contributed by atoms with E-state index in [2.05, 4.69) is 5.10 Å². The van der Waals surface area contributed by atoms with E-state index < -0.39 is 28.0 Å². The SMILES string of the molecule is Cc1ccn(-c2cc(C(=O)O)c([N+](=O)[O-])cc2F)n1. The Morgan fingerprint density at radius 1 is 1.53 bits per heavy atom. The number of aromatic carboxylic acids is 1. The standard InChI is InChI=1S/C11H8FN3O4/c1-6-2-3-14(13-6)10-4-7(11(16)17)9(15(18)19)5-8(10)12/h2-5H,1H3,(H,16,17). The minimum absolute atomic E-state index is 0.156. The lowest BCUT2D eigenvalue weighted by atomic mass is 10.1. The van der Waals surface area contributed by atoms with Gasteiger partial charge in [0.25, 0.3) is 5.69 Å². The normalized spacial score (nSPS) is 10.4. The summed E-state index contributed by atoms with van der Waals surface area (Å²) >= 11 is 0. The highest BCUT2D eigenvalue weighted by atomic mass is 19.1. The number of aromatic nitrogens is 2. The fourth-order valence-corrected chi connectivity index (χ4v) is 1.60. The van der Waals surface area contributed by atoms with E-state index >= 15 is 0 Å². The monoisotopic (exact) mass is 265 g/mol. The van der Waals surface area contributed by atoms with Gasteiger partial charge < -0.3 is 5.11 Å². The van der Waals surface area contributed by atoms with Crippen molar-refractivity contribution in [2.45, 2.75) is 6.92 Å². The zero-order valence-electron chi connectivity index (χ0n) is 9.70. The third-order valence-electron chi connectivity index (χ3n) is 2.46. The molecule has 7 nitrogen and oxygen atoms in total. The molecule has 98 valence electrons. The van der Waals surface area contributed by atoms with E-state index in [4.69, 9.17) is 5.11 Å². The molecule has 1 aromatic heterocycles. The number of carboxylic acids is 1. The van der Waals surface area contributed by atoms with Crippen molar-refractivity contribution >= 4 is 11.7 Å². The van der Waals surface area contributed by atoms with Crippen LogP contribution in [0.25, 0.3) is 5.69 Å². The van der Waals surface area contributed by atoms with Crippen molar-refractivity contribution in [2.24, 2.45) is 0 Å². The molecule has 0 fully saturated rings. The van der Waals surface area contributed by atoms with Gasteiger partial charge >= 0.3 is 5.97 Å². The Morgan fingerprint density at radius 2 is 2.21 bits per heavy atom. The molecule has 2 rings (SSSR count). The number of carboxylic acid groups (broad SMARTS) is 1. The minimum Gasteiger partial charge on any atom is -0.477 e. The van der Waals surface area contributed by atoms with E-state index in [9.17, 15) is 19.3 Å². The average Bonchev–Trinajstić information content (AvgIpc) is 2.74. The van der Waals surface area contributed by atoms with Crippen LogP contribution in [-0.4, -0.2) is 25.8 Å². The molecule has 1 N–H and O–H groups in total. The van der Waals surface area contributed by atoms with Crippen LogP contribution in [0.3, 0.4) is 0 Å². The van der Waals surface area contributed by atoms with Crippen LogP contribution in [0.4, 0.5) is 10.1 Å². The highest BCUT2D eigenvalue weighted by Gasteiger charge is 2.24. The van der Waals surface area contributed by atoms with Gasteiger partial charge in [-0.1, -0.05) is 0 Å². The van der Waals surface area contributed by atoms with Crippen LogP contribution < -0.4 is 0 Å². The van der Waals surface area contributed by atoms with Crippen molar-refractivity contribution in [3.05, 3.63) is 51.6 Å². The zero-order chi connectivity index (χ0) is 14.2. The molecule has 8 heteroatoms. The van der Waals surface area contributed by atoms with Crippen molar-refractivity contribution in [1.82, 2.24) is 9.78 Å². The number of aryl methyl sites for hydroxylation is 1. The quantitative estimate of drug-likeness (QED) is 0.675. The highest BCUT2D eigenvalue weighted by Crippen LogP contribution is 2.25. The van der Waals surface area contributed by atoms with Crippen LogP contribution >= 0.6 is 0 Å². The molecule has 0 aliphatic heterocycles. The molecule has 0 saturated carbocycles. The second kappa shape index (κ2) is 4.48. The van der Waals surface area contributed by atoms with Gasteiger partial charge in [-0.25, -0.2) is 13.9 Å². The molecule has 19 heavy (non-hydrogen) atoms. The molecule has 0 unspecified atom stereocenters. The second-order valence-electron chi connectivity index (χ2n) is 3.78. The largest absolute Gasteiger partial charge is 0.477 e. The predicted octanol–water partition coefficient (Wildman–Crippen LogP) is 1.93. The van der Waals surface area contributed by atoms with Crippen molar-refractivity contribution in [3.8, 4) is 5.69 Å². The molecule has 0 bridgehead atoms. The van der Waals surface area contributed by atoms with Crippen LogP contribution in [0.2, 0.25) is 0 Å². The summed E-state index contributed by atoms with van der Waals surface area (Å²) in [4.78, 5) is 20.7. The molecule has 0 radical (unpaired) electrons. The lowest BCUT2D eigenvalue weighted by Gasteiger charge is -2.05. The van der Waals surface area contributed by atoms with E-state index in [0.717, 1.165) is 10.7 Å². The van der Waals surface area contributed by atoms with Crippen molar-refractivity contribution in [2.75, 3.05) is 0 Å². The van der Waals surface area contributed by atoms with Gasteiger partial charge in [-0.2, -0.15) is 5.10 Å². The number of hydrogen-bond acceptors (Lipinski definition) is 4. The number of rotatable bonds is 3. The first-order valence-corrected chi connectivity index (χ1v) is 5.14. The number of benzene rings is 1. The van der Waals surface area contributed by atoms with Crippen LogP contribution in [0, 0.1) is 22.9 Å². The average molecular weight is 265 g/mol. The van der Waals surface area contributed by atoms with E-state index in [0.29, 0.717) is 11.8 Å². The number of carbonyl (C=O) groups is 1. The van der Waals surface area contributed by atoms with Gasteiger partial charge in [-0.15, -0.1) is 0 Å². The summed E-state index contributed by atoms with van der Waals surface area (Å²) in [6.45, 7) is 1.68. The molecule has 0 aliphatic rings.